The molecule has 7 nitrogen and oxygen atoms in total. The van der Waals surface area contributed by atoms with E-state index in [9.17, 15) is 13.2 Å². The van der Waals surface area contributed by atoms with E-state index in [0.29, 0.717) is 24.3 Å². The largest absolute Gasteiger partial charge is 0.394 e. The molecule has 8 heteroatoms. The first-order valence-corrected chi connectivity index (χ1v) is 8.97. The van der Waals surface area contributed by atoms with Crippen LogP contribution in [0, 0.1) is 0 Å². The lowest BCUT2D eigenvalue weighted by atomic mass is 10.1. The Labute approximate surface area is 130 Å². The van der Waals surface area contributed by atoms with E-state index in [0.717, 1.165) is 23.7 Å². The van der Waals surface area contributed by atoms with Crippen LogP contribution in [0.5, 0.6) is 0 Å². The molecule has 0 unspecified atom stereocenters. The van der Waals surface area contributed by atoms with E-state index in [4.69, 9.17) is 5.11 Å². The smallest absolute Gasteiger partial charge is 0.253 e. The topological polar surface area (TPSA) is 90.0 Å². The van der Waals surface area contributed by atoms with Gasteiger partial charge in [0.05, 0.1) is 25.1 Å². The third-order valence-electron chi connectivity index (χ3n) is 3.51. The van der Waals surface area contributed by atoms with Gasteiger partial charge in [-0.05, 0) is 24.3 Å². The molecule has 0 aromatic heterocycles. The van der Waals surface area contributed by atoms with Crippen LogP contribution in [0.2, 0.25) is 0 Å². The maximum atomic E-state index is 12.3. The molecule has 122 valence electrons. The van der Waals surface area contributed by atoms with Crippen molar-refractivity contribution in [2.24, 2.45) is 0 Å². The van der Waals surface area contributed by atoms with Crippen LogP contribution in [0.4, 0.5) is 5.69 Å². The Bertz CT molecular complexity index is 609. The summed E-state index contributed by atoms with van der Waals surface area (Å²) in [6.07, 6.45) is 1.09. The second-order valence-electron chi connectivity index (χ2n) is 5.15. The molecule has 2 N–H and O–H groups in total. The van der Waals surface area contributed by atoms with Crippen LogP contribution in [0.15, 0.2) is 24.3 Å². The summed E-state index contributed by atoms with van der Waals surface area (Å²) in [5.41, 5.74) is 0.969. The minimum atomic E-state index is -3.46. The number of hydrogen-bond donors (Lipinski definition) is 2. The summed E-state index contributed by atoms with van der Waals surface area (Å²) in [6.45, 7) is 2.62. The molecule has 1 saturated heterocycles. The van der Waals surface area contributed by atoms with Gasteiger partial charge >= 0.3 is 0 Å². The average molecular weight is 327 g/mol. The quantitative estimate of drug-likeness (QED) is 0.760. The van der Waals surface area contributed by atoms with Crippen molar-refractivity contribution in [3.8, 4) is 0 Å². The Morgan fingerprint density at radius 2 is 1.86 bits per heavy atom. The van der Waals surface area contributed by atoms with E-state index < -0.39 is 10.0 Å². The van der Waals surface area contributed by atoms with Gasteiger partial charge in [0, 0.05) is 31.7 Å². The highest BCUT2D eigenvalue weighted by Gasteiger charge is 2.20. The van der Waals surface area contributed by atoms with E-state index in [1.54, 1.807) is 29.2 Å². The minimum Gasteiger partial charge on any atom is -0.394 e. The number of aliphatic hydroxyl groups is 1. The van der Waals surface area contributed by atoms with Crippen LogP contribution in [0.25, 0.3) is 0 Å². The number of aliphatic hydroxyl groups excluding tert-OH is 1. The standard InChI is InChI=1S/C14H21N3O4S/c1-22(20,21)17(10-11-18)13-4-2-12(3-5-13)14(19)16-8-6-15-7-9-16/h2-5,15,18H,6-11H2,1H3. The fourth-order valence-electron chi connectivity index (χ4n) is 2.40. The third kappa shape index (κ3) is 3.96. The summed E-state index contributed by atoms with van der Waals surface area (Å²) in [6, 6.07) is 6.42. The summed E-state index contributed by atoms with van der Waals surface area (Å²) in [5.74, 6) is -0.0545. The molecule has 1 amide bonds. The molecular formula is C14H21N3O4S. The number of nitrogens with one attached hydrogen (secondary N) is 1. The highest BCUT2D eigenvalue weighted by atomic mass is 32.2. The van der Waals surface area contributed by atoms with Crippen molar-refractivity contribution in [2.75, 3.05) is 49.9 Å². The molecule has 0 saturated carbocycles. The summed E-state index contributed by atoms with van der Waals surface area (Å²) < 4.78 is 24.6. The van der Waals surface area contributed by atoms with Crippen LogP contribution in [0.3, 0.4) is 0 Å². The van der Waals surface area contributed by atoms with Gasteiger partial charge in [0.2, 0.25) is 10.0 Å². The summed E-state index contributed by atoms with van der Waals surface area (Å²) in [7, 11) is -3.46. The number of amides is 1. The minimum absolute atomic E-state index is 0.01000. The van der Waals surface area contributed by atoms with Gasteiger partial charge in [-0.15, -0.1) is 0 Å². The number of carbonyl (C=O) groups excluding carboxylic acids is 1. The van der Waals surface area contributed by atoms with Crippen LogP contribution in [0.1, 0.15) is 10.4 Å². The first-order chi connectivity index (χ1) is 10.4. The Hall–Kier alpha value is -1.64. The number of carbonyl (C=O) groups is 1. The predicted octanol–water partition coefficient (Wildman–Crippen LogP) is -0.510. The van der Waals surface area contributed by atoms with Crippen molar-refractivity contribution in [1.29, 1.82) is 0 Å². The Morgan fingerprint density at radius 3 is 2.36 bits per heavy atom. The van der Waals surface area contributed by atoms with Crippen LogP contribution in [-0.2, 0) is 10.0 Å². The molecule has 1 aromatic rings. The van der Waals surface area contributed by atoms with Crippen molar-refractivity contribution in [3.05, 3.63) is 29.8 Å². The third-order valence-corrected chi connectivity index (χ3v) is 4.70. The molecule has 1 heterocycles. The van der Waals surface area contributed by atoms with Gasteiger partial charge in [0.15, 0.2) is 0 Å². The molecule has 1 fully saturated rings. The van der Waals surface area contributed by atoms with Crippen molar-refractivity contribution >= 4 is 21.6 Å². The highest BCUT2D eigenvalue weighted by molar-refractivity contribution is 7.92. The van der Waals surface area contributed by atoms with Crippen molar-refractivity contribution in [3.63, 3.8) is 0 Å². The second kappa shape index (κ2) is 7.08. The molecule has 1 aliphatic heterocycles. The normalized spacial score (nSPS) is 15.6. The molecule has 2 rings (SSSR count). The number of hydrogen-bond acceptors (Lipinski definition) is 5. The van der Waals surface area contributed by atoms with Crippen molar-refractivity contribution in [2.45, 2.75) is 0 Å². The fraction of sp³-hybridized carbons (Fsp3) is 0.500. The van der Waals surface area contributed by atoms with Gasteiger partial charge in [-0.25, -0.2) is 8.42 Å². The van der Waals surface area contributed by atoms with E-state index in [2.05, 4.69) is 5.32 Å². The fourth-order valence-corrected chi connectivity index (χ4v) is 3.32. The lowest BCUT2D eigenvalue weighted by Gasteiger charge is -2.27. The number of anilines is 1. The Kier molecular flexibility index (Phi) is 5.38. The zero-order valence-electron chi connectivity index (χ0n) is 12.5. The van der Waals surface area contributed by atoms with Crippen LogP contribution < -0.4 is 9.62 Å². The zero-order chi connectivity index (χ0) is 16.2. The number of rotatable bonds is 5. The first kappa shape index (κ1) is 16.7. The van der Waals surface area contributed by atoms with E-state index in [-0.39, 0.29) is 19.1 Å². The van der Waals surface area contributed by atoms with Crippen LogP contribution in [-0.4, -0.2) is 69.9 Å². The Balaban J connectivity index is 2.16. The van der Waals surface area contributed by atoms with Crippen molar-refractivity contribution < 1.29 is 18.3 Å². The molecule has 1 aliphatic rings. The number of sulfonamides is 1. The monoisotopic (exact) mass is 327 g/mol. The molecule has 22 heavy (non-hydrogen) atoms. The molecule has 0 radical (unpaired) electrons. The van der Waals surface area contributed by atoms with Gasteiger partial charge in [0.1, 0.15) is 0 Å². The molecule has 0 aliphatic carbocycles. The van der Waals surface area contributed by atoms with Gasteiger partial charge in [-0.1, -0.05) is 0 Å². The SMILES string of the molecule is CS(=O)(=O)N(CCO)c1ccc(C(=O)N2CCNCC2)cc1. The lowest BCUT2D eigenvalue weighted by Crippen LogP contribution is -2.46. The number of nitrogens with zero attached hydrogens (tertiary/aromatic N) is 2. The first-order valence-electron chi connectivity index (χ1n) is 7.12. The van der Waals surface area contributed by atoms with E-state index in [1.807, 2.05) is 0 Å². The summed E-state index contributed by atoms with van der Waals surface area (Å²) in [4.78, 5) is 14.1. The van der Waals surface area contributed by atoms with E-state index >= 15 is 0 Å². The molecule has 1 aromatic carbocycles. The Morgan fingerprint density at radius 1 is 1.27 bits per heavy atom. The maximum absolute atomic E-state index is 12.3. The molecular weight excluding hydrogens is 306 g/mol. The van der Waals surface area contributed by atoms with Gasteiger partial charge in [0.25, 0.3) is 5.91 Å². The number of benzene rings is 1. The number of piperazine rings is 1. The van der Waals surface area contributed by atoms with Crippen molar-refractivity contribution in [1.82, 2.24) is 10.2 Å². The van der Waals surface area contributed by atoms with E-state index in [1.165, 1.54) is 0 Å². The van der Waals surface area contributed by atoms with Crippen LogP contribution >= 0.6 is 0 Å². The van der Waals surface area contributed by atoms with Gasteiger partial charge < -0.3 is 15.3 Å². The summed E-state index contributed by atoms with van der Waals surface area (Å²) in [5, 5.41) is 12.2. The molecule has 0 atom stereocenters. The average Bonchev–Trinajstić information content (AvgIpc) is 2.52. The molecule has 0 spiro atoms. The summed E-state index contributed by atoms with van der Waals surface area (Å²) >= 11 is 0. The maximum Gasteiger partial charge on any atom is 0.253 e. The predicted molar refractivity (Wildman–Crippen MR) is 84.5 cm³/mol. The highest BCUT2D eigenvalue weighted by Crippen LogP contribution is 2.19. The molecule has 0 bridgehead atoms. The van der Waals surface area contributed by atoms with Gasteiger partial charge in [-0.3, -0.25) is 9.10 Å². The zero-order valence-corrected chi connectivity index (χ0v) is 13.3. The lowest BCUT2D eigenvalue weighted by molar-refractivity contribution is 0.0736. The second-order valence-corrected chi connectivity index (χ2v) is 7.05. The van der Waals surface area contributed by atoms with Gasteiger partial charge in [-0.2, -0.15) is 0 Å².